The first kappa shape index (κ1) is 28.1. The molecule has 0 atom stereocenters. The van der Waals surface area contributed by atoms with Crippen LogP contribution in [-0.4, -0.2) is 14.5 Å². The fourth-order valence-electron chi connectivity index (χ4n) is 7.61. The van der Waals surface area contributed by atoms with Crippen molar-refractivity contribution in [3.63, 3.8) is 0 Å². The highest BCUT2D eigenvalue weighted by molar-refractivity contribution is 9.10. The number of hydrogen-bond donors (Lipinski definition) is 0. The molecule has 0 N–H and O–H groups in total. The van der Waals surface area contributed by atoms with E-state index >= 15 is 0 Å². The number of fused-ring (bicyclic) bond motifs is 11. The predicted molar refractivity (Wildman–Crippen MR) is 213 cm³/mol. The van der Waals surface area contributed by atoms with Crippen LogP contribution in [0.1, 0.15) is 0 Å². The van der Waals surface area contributed by atoms with Crippen molar-refractivity contribution < 1.29 is 4.42 Å². The maximum Gasteiger partial charge on any atom is 0.160 e. The van der Waals surface area contributed by atoms with Crippen molar-refractivity contribution in [2.45, 2.75) is 0 Å². The third-order valence-electron chi connectivity index (χ3n) is 9.87. The van der Waals surface area contributed by atoms with Crippen LogP contribution in [0.5, 0.6) is 0 Å². The molecule has 7 aromatic carbocycles. The van der Waals surface area contributed by atoms with Crippen molar-refractivity contribution in [1.29, 1.82) is 0 Å². The van der Waals surface area contributed by atoms with E-state index in [1.807, 2.05) is 41.7 Å². The number of thiophene rings is 1. The smallest absolute Gasteiger partial charge is 0.160 e. The van der Waals surface area contributed by atoms with Gasteiger partial charge in [-0.15, -0.1) is 11.3 Å². The maximum absolute atomic E-state index is 6.13. The lowest BCUT2D eigenvalue weighted by Gasteiger charge is -2.12. The van der Waals surface area contributed by atoms with E-state index in [2.05, 4.69) is 136 Å². The molecule has 0 radical (unpaired) electrons. The Balaban J connectivity index is 1.10. The van der Waals surface area contributed by atoms with Gasteiger partial charge in [-0.1, -0.05) is 88.7 Å². The minimum atomic E-state index is 0.695. The summed E-state index contributed by atoms with van der Waals surface area (Å²) in [6, 6.07) is 51.1. The molecule has 0 spiro atoms. The number of para-hydroxylation sites is 3. The van der Waals surface area contributed by atoms with Gasteiger partial charge in [-0.2, -0.15) is 0 Å². The Morgan fingerprint density at radius 1 is 0.560 bits per heavy atom. The van der Waals surface area contributed by atoms with E-state index in [1.54, 1.807) is 0 Å². The predicted octanol–water partition coefficient (Wildman–Crippen LogP) is 13.1. The monoisotopic (exact) mass is 721 g/mol. The van der Waals surface area contributed by atoms with Gasteiger partial charge in [-0.05, 0) is 72.8 Å². The van der Waals surface area contributed by atoms with Crippen LogP contribution in [0.4, 0.5) is 0 Å². The molecule has 11 aromatic rings. The maximum atomic E-state index is 6.13. The zero-order valence-electron chi connectivity index (χ0n) is 26.4. The van der Waals surface area contributed by atoms with E-state index < -0.39 is 0 Å². The summed E-state index contributed by atoms with van der Waals surface area (Å²) in [5.41, 5.74) is 9.07. The molecule has 11 rings (SSSR count). The normalized spacial score (nSPS) is 12.1. The first-order chi connectivity index (χ1) is 24.7. The first-order valence-electron chi connectivity index (χ1n) is 16.5. The van der Waals surface area contributed by atoms with Gasteiger partial charge in [0.15, 0.2) is 5.82 Å². The third-order valence-corrected chi connectivity index (χ3v) is 11.7. The molecule has 0 saturated heterocycles. The average Bonchev–Trinajstić information content (AvgIpc) is 3.84. The van der Waals surface area contributed by atoms with Gasteiger partial charge < -0.3 is 8.98 Å². The van der Waals surface area contributed by atoms with E-state index in [-0.39, 0.29) is 0 Å². The summed E-state index contributed by atoms with van der Waals surface area (Å²) in [5, 5.41) is 8.21. The van der Waals surface area contributed by atoms with E-state index in [4.69, 9.17) is 14.4 Å². The van der Waals surface area contributed by atoms with Gasteiger partial charge in [0, 0.05) is 63.7 Å². The van der Waals surface area contributed by atoms with Gasteiger partial charge in [-0.25, -0.2) is 9.97 Å². The molecule has 0 amide bonds. The molecule has 50 heavy (non-hydrogen) atoms. The lowest BCUT2D eigenvalue weighted by Crippen LogP contribution is -1.97. The van der Waals surface area contributed by atoms with Crippen molar-refractivity contribution in [2.24, 2.45) is 0 Å². The second-order valence-electron chi connectivity index (χ2n) is 12.7. The van der Waals surface area contributed by atoms with E-state index in [9.17, 15) is 0 Å². The summed E-state index contributed by atoms with van der Waals surface area (Å²) in [7, 11) is 0. The van der Waals surface area contributed by atoms with Gasteiger partial charge in [0.25, 0.3) is 0 Å². The number of rotatable bonds is 3. The van der Waals surface area contributed by atoms with Crippen LogP contribution >= 0.6 is 27.3 Å². The Morgan fingerprint density at radius 3 is 2.14 bits per heavy atom. The van der Waals surface area contributed by atoms with Crippen molar-refractivity contribution in [1.82, 2.24) is 14.5 Å². The molecule has 0 aliphatic rings. The summed E-state index contributed by atoms with van der Waals surface area (Å²) in [6.45, 7) is 0. The molecular formula is C44H24BrN3OS. The van der Waals surface area contributed by atoms with Gasteiger partial charge in [-0.3, -0.25) is 0 Å². The largest absolute Gasteiger partial charge is 0.456 e. The molecule has 234 valence electrons. The fourth-order valence-corrected chi connectivity index (χ4v) is 9.65. The minimum Gasteiger partial charge on any atom is -0.456 e. The zero-order valence-corrected chi connectivity index (χ0v) is 28.8. The van der Waals surface area contributed by atoms with Crippen LogP contribution in [0.15, 0.2) is 154 Å². The van der Waals surface area contributed by atoms with Crippen LogP contribution in [-0.2, 0) is 0 Å². The molecule has 4 nitrogen and oxygen atoms in total. The van der Waals surface area contributed by atoms with E-state index in [0.717, 1.165) is 59.8 Å². The lowest BCUT2D eigenvalue weighted by atomic mass is 10.0. The molecule has 6 heteroatoms. The molecule has 0 saturated carbocycles. The number of nitrogens with zero attached hydrogens (tertiary/aromatic N) is 3. The molecule has 4 heterocycles. The van der Waals surface area contributed by atoms with Crippen molar-refractivity contribution in [2.75, 3.05) is 0 Å². The second-order valence-corrected chi connectivity index (χ2v) is 14.6. The summed E-state index contributed by atoms with van der Waals surface area (Å²) in [5.74, 6) is 0.695. The van der Waals surface area contributed by atoms with Crippen molar-refractivity contribution in [3.05, 3.63) is 150 Å². The van der Waals surface area contributed by atoms with Crippen LogP contribution < -0.4 is 0 Å². The molecular weight excluding hydrogens is 698 g/mol. The summed E-state index contributed by atoms with van der Waals surface area (Å²) in [6.07, 6.45) is 0. The number of aromatic nitrogens is 3. The quantitative estimate of drug-likeness (QED) is 0.182. The lowest BCUT2D eigenvalue weighted by molar-refractivity contribution is 0.669. The summed E-state index contributed by atoms with van der Waals surface area (Å²) >= 11 is 5.80. The molecule has 0 aliphatic heterocycles. The van der Waals surface area contributed by atoms with Crippen LogP contribution in [0.25, 0.3) is 103 Å². The Morgan fingerprint density at radius 2 is 1.26 bits per heavy atom. The van der Waals surface area contributed by atoms with Crippen LogP contribution in [0.2, 0.25) is 0 Å². The Labute approximate surface area is 298 Å². The zero-order chi connectivity index (χ0) is 32.9. The van der Waals surface area contributed by atoms with E-state index in [0.29, 0.717) is 5.82 Å². The van der Waals surface area contributed by atoms with Crippen molar-refractivity contribution in [3.8, 4) is 28.3 Å². The van der Waals surface area contributed by atoms with E-state index in [1.165, 1.54) is 42.0 Å². The third kappa shape index (κ3) is 4.03. The summed E-state index contributed by atoms with van der Waals surface area (Å²) in [4.78, 5) is 10.3. The Bertz CT molecular complexity index is 3170. The number of benzene rings is 7. The Hall–Kier alpha value is -5.82. The highest BCUT2D eigenvalue weighted by atomic mass is 79.9. The van der Waals surface area contributed by atoms with Gasteiger partial charge in [0.2, 0.25) is 0 Å². The molecule has 0 fully saturated rings. The summed E-state index contributed by atoms with van der Waals surface area (Å²) < 4.78 is 12.2. The first-order valence-corrected chi connectivity index (χ1v) is 18.1. The number of halogens is 1. The fraction of sp³-hybridized carbons (Fsp3) is 0. The van der Waals surface area contributed by atoms with Gasteiger partial charge in [0.1, 0.15) is 11.2 Å². The molecule has 0 unspecified atom stereocenters. The SMILES string of the molecule is Brc1cc2c3ccccc3n(-c3ccc(-c4nc(-c5ccc6oc7ccccc7c6c5)c5ccccc5n4)cc3)c2c2sc3ccccc3c12. The van der Waals surface area contributed by atoms with Crippen molar-refractivity contribution >= 4 is 102 Å². The van der Waals surface area contributed by atoms with Gasteiger partial charge >= 0.3 is 0 Å². The average molecular weight is 723 g/mol. The Kier molecular flexibility index (Phi) is 5.94. The highest BCUT2D eigenvalue weighted by Gasteiger charge is 2.20. The highest BCUT2D eigenvalue weighted by Crippen LogP contribution is 2.46. The molecule has 4 aromatic heterocycles. The van der Waals surface area contributed by atoms with Crippen LogP contribution in [0.3, 0.4) is 0 Å². The minimum absolute atomic E-state index is 0.695. The number of hydrogen-bond acceptors (Lipinski definition) is 4. The molecule has 0 aliphatic carbocycles. The molecule has 0 bridgehead atoms. The topological polar surface area (TPSA) is 43.9 Å². The van der Waals surface area contributed by atoms with Crippen LogP contribution in [0, 0.1) is 0 Å². The van der Waals surface area contributed by atoms with Gasteiger partial charge in [0.05, 0.1) is 26.9 Å². The standard InChI is InChI=1S/C44H24BrN3OS/c45-34-24-33-28-9-2-6-14-36(28)48(42(33)43-40(34)31-12-4-8-16-39(31)50-43)27-20-17-25(18-21-27)44-46-35-13-5-1-11-30(35)41(47-44)26-19-22-38-32(23-26)29-10-3-7-15-37(29)49-38/h1-24H. The second kappa shape index (κ2) is 10.6. The number of furan rings is 1.